The van der Waals surface area contributed by atoms with Crippen molar-refractivity contribution in [3.8, 4) is 0 Å². The number of carboxylic acid groups (broad SMARTS) is 1. The summed E-state index contributed by atoms with van der Waals surface area (Å²) in [6, 6.07) is -0.954. The number of carbonyl (C=O) groups excluding carboxylic acids is 1. The molecular formula is C10H18N2O3. The predicted molar refractivity (Wildman–Crippen MR) is 55.6 cm³/mol. The van der Waals surface area contributed by atoms with E-state index >= 15 is 0 Å². The first-order valence-corrected chi connectivity index (χ1v) is 5.35. The van der Waals surface area contributed by atoms with Gasteiger partial charge in [0.05, 0.1) is 0 Å². The Bertz CT molecular complexity index is 255. The van der Waals surface area contributed by atoms with E-state index in [2.05, 4.69) is 5.32 Å². The highest BCUT2D eigenvalue weighted by molar-refractivity contribution is 5.83. The first-order valence-electron chi connectivity index (χ1n) is 5.35. The van der Waals surface area contributed by atoms with E-state index in [9.17, 15) is 9.59 Å². The summed E-state index contributed by atoms with van der Waals surface area (Å²) in [6.07, 6.45) is 1.56. The zero-order valence-electron chi connectivity index (χ0n) is 9.19. The minimum atomic E-state index is -0.915. The number of carboxylic acids is 1. The molecule has 0 aromatic heterocycles. The van der Waals surface area contributed by atoms with Crippen molar-refractivity contribution in [3.05, 3.63) is 0 Å². The van der Waals surface area contributed by atoms with Crippen molar-refractivity contribution in [1.82, 2.24) is 10.2 Å². The lowest BCUT2D eigenvalue weighted by Gasteiger charge is -2.35. The first-order chi connectivity index (χ1) is 7.07. The molecule has 15 heavy (non-hydrogen) atoms. The second-order valence-electron chi connectivity index (χ2n) is 3.95. The van der Waals surface area contributed by atoms with E-state index in [1.54, 1.807) is 0 Å². The molecule has 1 saturated heterocycles. The molecule has 0 aliphatic carbocycles. The number of carbonyl (C=O) groups is 2. The lowest BCUT2D eigenvalue weighted by Crippen LogP contribution is -2.55. The normalized spacial score (nSPS) is 20.7. The van der Waals surface area contributed by atoms with Gasteiger partial charge in [-0.05, 0) is 12.3 Å². The Morgan fingerprint density at radius 3 is 2.80 bits per heavy atom. The van der Waals surface area contributed by atoms with Gasteiger partial charge in [0, 0.05) is 13.1 Å². The summed E-state index contributed by atoms with van der Waals surface area (Å²) in [7, 11) is 0. The van der Waals surface area contributed by atoms with Gasteiger partial charge in [0.1, 0.15) is 6.04 Å². The van der Waals surface area contributed by atoms with E-state index in [-0.39, 0.29) is 11.9 Å². The smallest absolute Gasteiger partial charge is 0.326 e. The molecule has 0 aromatic carbocycles. The molecule has 2 amide bonds. The van der Waals surface area contributed by atoms with Crippen LogP contribution in [0.5, 0.6) is 0 Å². The third-order valence-electron chi connectivity index (χ3n) is 2.88. The Hall–Kier alpha value is -1.26. The molecule has 86 valence electrons. The van der Waals surface area contributed by atoms with Crippen LogP contribution >= 0.6 is 0 Å². The van der Waals surface area contributed by atoms with Gasteiger partial charge in [0.2, 0.25) is 0 Å². The van der Waals surface area contributed by atoms with Crippen LogP contribution in [-0.4, -0.2) is 41.1 Å². The van der Waals surface area contributed by atoms with E-state index in [0.717, 1.165) is 12.8 Å². The second kappa shape index (κ2) is 5.00. The average Bonchev–Trinajstić information content (AvgIpc) is 2.20. The standard InChI is InChI=1S/C10H18N2O3/c1-3-7(2)8(9(13)14)12-6-4-5-11-10(12)15/h7-8H,3-6H2,1-2H3,(H,11,15)(H,13,14)/t7-,8-/m0/s1. The van der Waals surface area contributed by atoms with Crippen molar-refractivity contribution in [2.24, 2.45) is 5.92 Å². The van der Waals surface area contributed by atoms with Crippen molar-refractivity contribution in [2.75, 3.05) is 13.1 Å². The van der Waals surface area contributed by atoms with E-state index in [0.29, 0.717) is 13.1 Å². The molecule has 1 heterocycles. The van der Waals surface area contributed by atoms with Gasteiger partial charge >= 0.3 is 12.0 Å². The first kappa shape index (κ1) is 11.8. The highest BCUT2D eigenvalue weighted by Gasteiger charge is 2.34. The van der Waals surface area contributed by atoms with E-state index in [1.165, 1.54) is 4.90 Å². The van der Waals surface area contributed by atoms with E-state index < -0.39 is 12.0 Å². The van der Waals surface area contributed by atoms with Gasteiger partial charge in [-0.3, -0.25) is 0 Å². The molecule has 0 unspecified atom stereocenters. The van der Waals surface area contributed by atoms with Gasteiger partial charge in [-0.15, -0.1) is 0 Å². The maximum atomic E-state index is 11.5. The molecule has 0 bridgehead atoms. The molecule has 0 spiro atoms. The summed E-state index contributed by atoms with van der Waals surface area (Å²) < 4.78 is 0. The molecule has 1 rings (SSSR count). The Kier molecular flexibility index (Phi) is 3.94. The Morgan fingerprint density at radius 2 is 2.33 bits per heavy atom. The fourth-order valence-electron chi connectivity index (χ4n) is 1.82. The number of hydrogen-bond acceptors (Lipinski definition) is 2. The van der Waals surface area contributed by atoms with Gasteiger partial charge < -0.3 is 15.3 Å². The molecule has 0 radical (unpaired) electrons. The third-order valence-corrected chi connectivity index (χ3v) is 2.88. The average molecular weight is 214 g/mol. The number of nitrogens with zero attached hydrogens (tertiary/aromatic N) is 1. The zero-order chi connectivity index (χ0) is 11.4. The summed E-state index contributed by atoms with van der Waals surface area (Å²) in [5.74, 6) is -0.937. The van der Waals surface area contributed by atoms with Crippen LogP contribution in [0.1, 0.15) is 26.7 Å². The second-order valence-corrected chi connectivity index (χ2v) is 3.95. The van der Waals surface area contributed by atoms with Gasteiger partial charge in [-0.1, -0.05) is 20.3 Å². The molecule has 2 N–H and O–H groups in total. The Balaban J connectivity index is 2.78. The number of rotatable bonds is 4. The maximum Gasteiger partial charge on any atom is 0.326 e. The molecule has 5 heteroatoms. The Labute approximate surface area is 89.4 Å². The monoisotopic (exact) mass is 214 g/mol. The van der Waals surface area contributed by atoms with Gasteiger partial charge in [0.25, 0.3) is 0 Å². The molecule has 0 aromatic rings. The van der Waals surface area contributed by atoms with E-state index in [1.807, 2.05) is 13.8 Å². The molecule has 1 fully saturated rings. The number of hydrogen-bond donors (Lipinski definition) is 2. The summed E-state index contributed by atoms with van der Waals surface area (Å²) in [4.78, 5) is 24.1. The third kappa shape index (κ3) is 2.61. The fraction of sp³-hybridized carbons (Fsp3) is 0.800. The summed E-state index contributed by atoms with van der Waals surface area (Å²) in [5, 5.41) is 11.8. The Morgan fingerprint density at radius 1 is 1.67 bits per heavy atom. The molecular weight excluding hydrogens is 196 g/mol. The van der Waals surface area contributed by atoms with Crippen LogP contribution in [0.3, 0.4) is 0 Å². The van der Waals surface area contributed by atoms with Gasteiger partial charge in [0.15, 0.2) is 0 Å². The molecule has 1 aliphatic heterocycles. The van der Waals surface area contributed by atoms with Gasteiger partial charge in [-0.25, -0.2) is 9.59 Å². The lowest BCUT2D eigenvalue weighted by molar-refractivity contribution is -0.144. The van der Waals surface area contributed by atoms with Crippen molar-refractivity contribution < 1.29 is 14.7 Å². The van der Waals surface area contributed by atoms with Crippen LogP contribution in [0.25, 0.3) is 0 Å². The largest absolute Gasteiger partial charge is 0.480 e. The molecule has 1 aliphatic rings. The summed E-state index contributed by atoms with van der Waals surface area (Å²) in [6.45, 7) is 4.97. The SMILES string of the molecule is CC[C@H](C)[C@@H](C(=O)O)N1CCCNC1=O. The van der Waals surface area contributed by atoms with Crippen molar-refractivity contribution in [1.29, 1.82) is 0 Å². The highest BCUT2D eigenvalue weighted by Crippen LogP contribution is 2.17. The minimum absolute atomic E-state index is 0.0219. The minimum Gasteiger partial charge on any atom is -0.480 e. The number of amides is 2. The van der Waals surface area contributed by atoms with E-state index in [4.69, 9.17) is 5.11 Å². The quantitative estimate of drug-likeness (QED) is 0.730. The summed E-state index contributed by atoms with van der Waals surface area (Å²) >= 11 is 0. The number of aliphatic carboxylic acids is 1. The number of urea groups is 1. The maximum absolute atomic E-state index is 11.5. The van der Waals surface area contributed by atoms with Crippen LogP contribution < -0.4 is 5.32 Å². The van der Waals surface area contributed by atoms with Crippen LogP contribution in [0.4, 0.5) is 4.79 Å². The topological polar surface area (TPSA) is 69.6 Å². The molecule has 5 nitrogen and oxygen atoms in total. The highest BCUT2D eigenvalue weighted by atomic mass is 16.4. The fourth-order valence-corrected chi connectivity index (χ4v) is 1.82. The molecule has 2 atom stereocenters. The summed E-state index contributed by atoms with van der Waals surface area (Å²) in [5.41, 5.74) is 0. The van der Waals surface area contributed by atoms with Crippen LogP contribution in [0.2, 0.25) is 0 Å². The zero-order valence-corrected chi connectivity index (χ0v) is 9.19. The predicted octanol–water partition coefficient (Wildman–Crippen LogP) is 0.901. The number of nitrogens with one attached hydrogen (secondary N) is 1. The lowest BCUT2D eigenvalue weighted by atomic mass is 9.97. The van der Waals surface area contributed by atoms with Crippen LogP contribution in [0, 0.1) is 5.92 Å². The van der Waals surface area contributed by atoms with Crippen molar-refractivity contribution in [3.63, 3.8) is 0 Å². The van der Waals surface area contributed by atoms with Crippen molar-refractivity contribution in [2.45, 2.75) is 32.7 Å². The van der Waals surface area contributed by atoms with Crippen LogP contribution in [0.15, 0.2) is 0 Å². The van der Waals surface area contributed by atoms with Crippen LogP contribution in [-0.2, 0) is 4.79 Å². The molecule has 0 saturated carbocycles. The van der Waals surface area contributed by atoms with Crippen molar-refractivity contribution >= 4 is 12.0 Å². The van der Waals surface area contributed by atoms with Gasteiger partial charge in [-0.2, -0.15) is 0 Å².